The van der Waals surface area contributed by atoms with Crippen molar-refractivity contribution in [1.82, 2.24) is 4.98 Å². The third-order valence-corrected chi connectivity index (χ3v) is 3.78. The van der Waals surface area contributed by atoms with E-state index in [1.807, 2.05) is 12.3 Å². The van der Waals surface area contributed by atoms with Gasteiger partial charge in [-0.2, -0.15) is 0 Å². The molecule has 1 aromatic rings. The van der Waals surface area contributed by atoms with Gasteiger partial charge >= 0.3 is 0 Å². The third kappa shape index (κ3) is 2.55. The third-order valence-electron chi connectivity index (χ3n) is 3.17. The molecule has 0 aliphatic heterocycles. The minimum Gasteiger partial charge on any atom is -0.395 e. The highest BCUT2D eigenvalue weighted by atomic mass is 79.9. The van der Waals surface area contributed by atoms with Gasteiger partial charge in [-0.25, -0.2) is 0 Å². The van der Waals surface area contributed by atoms with E-state index < -0.39 is 0 Å². The number of halogens is 1. The van der Waals surface area contributed by atoms with Crippen LogP contribution in [0.3, 0.4) is 0 Å². The minimum absolute atomic E-state index is 0.200. The molecule has 0 atom stereocenters. The van der Waals surface area contributed by atoms with Crippen LogP contribution in [-0.4, -0.2) is 29.3 Å². The lowest BCUT2D eigenvalue weighted by Crippen LogP contribution is -2.35. The smallest absolute Gasteiger partial charge is 0.0606 e. The van der Waals surface area contributed by atoms with Gasteiger partial charge in [0.15, 0.2) is 0 Å². The Hall–Kier alpha value is -0.610. The zero-order valence-corrected chi connectivity index (χ0v) is 10.9. The summed E-state index contributed by atoms with van der Waals surface area (Å²) in [5, 5.41) is 9.18. The number of rotatable bonds is 4. The number of aromatic nitrogens is 1. The van der Waals surface area contributed by atoms with Crippen LogP contribution >= 0.6 is 15.9 Å². The maximum atomic E-state index is 9.18. The van der Waals surface area contributed by atoms with Crippen LogP contribution in [0, 0.1) is 0 Å². The van der Waals surface area contributed by atoms with Crippen molar-refractivity contribution in [2.45, 2.75) is 31.7 Å². The van der Waals surface area contributed by atoms with Crippen LogP contribution in [0.1, 0.15) is 25.7 Å². The molecule has 2 rings (SSSR count). The molecule has 3 nitrogen and oxygen atoms in total. The molecular weight excluding hydrogens is 268 g/mol. The maximum absolute atomic E-state index is 9.18. The Balaban J connectivity index is 2.21. The van der Waals surface area contributed by atoms with Crippen molar-refractivity contribution in [3.05, 3.63) is 22.9 Å². The van der Waals surface area contributed by atoms with Gasteiger partial charge in [0, 0.05) is 25.0 Å². The van der Waals surface area contributed by atoms with Crippen molar-refractivity contribution >= 4 is 21.6 Å². The van der Waals surface area contributed by atoms with Gasteiger partial charge in [0.2, 0.25) is 0 Å². The summed E-state index contributed by atoms with van der Waals surface area (Å²) in [6.45, 7) is 0.901. The first kappa shape index (κ1) is 11.9. The summed E-state index contributed by atoms with van der Waals surface area (Å²) in [5.41, 5.74) is 1.15. The van der Waals surface area contributed by atoms with Crippen LogP contribution in [0.2, 0.25) is 0 Å². The molecule has 1 aromatic heterocycles. The molecule has 0 aromatic carbocycles. The van der Waals surface area contributed by atoms with E-state index in [2.05, 4.69) is 25.8 Å². The standard InChI is InChI=1S/C12H17BrN2O/c13-11-9-14-6-5-12(11)15(7-8-16)10-3-1-2-4-10/h5-6,9-10,16H,1-4,7-8H2. The number of nitrogens with zero attached hydrogens (tertiary/aromatic N) is 2. The second-order valence-electron chi connectivity index (χ2n) is 4.18. The molecule has 0 bridgehead atoms. The van der Waals surface area contributed by atoms with Crippen LogP contribution in [-0.2, 0) is 0 Å². The first-order chi connectivity index (χ1) is 7.83. The van der Waals surface area contributed by atoms with E-state index in [-0.39, 0.29) is 6.61 Å². The van der Waals surface area contributed by atoms with Gasteiger partial charge in [-0.1, -0.05) is 12.8 Å². The lowest BCUT2D eigenvalue weighted by Gasteiger charge is -2.31. The molecule has 4 heteroatoms. The molecule has 0 radical (unpaired) electrons. The number of hydrogen-bond acceptors (Lipinski definition) is 3. The van der Waals surface area contributed by atoms with Crippen molar-refractivity contribution in [1.29, 1.82) is 0 Å². The van der Waals surface area contributed by atoms with Gasteiger partial charge in [-0.3, -0.25) is 4.98 Å². The molecule has 0 unspecified atom stereocenters. The zero-order valence-electron chi connectivity index (χ0n) is 9.27. The van der Waals surface area contributed by atoms with Gasteiger partial charge in [0.1, 0.15) is 0 Å². The Morgan fingerprint density at radius 2 is 2.19 bits per heavy atom. The summed E-state index contributed by atoms with van der Waals surface area (Å²) in [5.74, 6) is 0. The normalized spacial score (nSPS) is 16.6. The Kier molecular flexibility index (Phi) is 4.18. The van der Waals surface area contributed by atoms with Gasteiger partial charge in [-0.05, 0) is 34.8 Å². The number of hydrogen-bond donors (Lipinski definition) is 1. The molecule has 1 saturated carbocycles. The fourth-order valence-corrected chi connectivity index (χ4v) is 2.90. The van der Waals surface area contributed by atoms with E-state index in [1.165, 1.54) is 25.7 Å². The average molecular weight is 285 g/mol. The molecule has 0 saturated heterocycles. The van der Waals surface area contributed by atoms with E-state index in [1.54, 1.807) is 6.20 Å². The second kappa shape index (κ2) is 5.64. The fourth-order valence-electron chi connectivity index (χ4n) is 2.42. The van der Waals surface area contributed by atoms with Gasteiger partial charge in [0.25, 0.3) is 0 Å². The Morgan fingerprint density at radius 1 is 1.44 bits per heavy atom. The van der Waals surface area contributed by atoms with Crippen LogP contribution < -0.4 is 4.90 Å². The van der Waals surface area contributed by atoms with Gasteiger partial charge in [0.05, 0.1) is 16.8 Å². The summed E-state index contributed by atoms with van der Waals surface area (Å²) in [7, 11) is 0. The van der Waals surface area contributed by atoms with Crippen LogP contribution in [0.4, 0.5) is 5.69 Å². The summed E-state index contributed by atoms with van der Waals surface area (Å²) in [6.07, 6.45) is 8.68. The SMILES string of the molecule is OCCN(c1ccncc1Br)C1CCCC1. The Labute approximate surface area is 105 Å². The molecule has 1 aliphatic carbocycles. The van der Waals surface area contributed by atoms with Crippen LogP contribution in [0.25, 0.3) is 0 Å². The fraction of sp³-hybridized carbons (Fsp3) is 0.583. The second-order valence-corrected chi connectivity index (χ2v) is 5.04. The highest BCUT2D eigenvalue weighted by Gasteiger charge is 2.23. The largest absolute Gasteiger partial charge is 0.395 e. The lowest BCUT2D eigenvalue weighted by molar-refractivity contribution is 0.297. The van der Waals surface area contributed by atoms with Crippen molar-refractivity contribution in [3.8, 4) is 0 Å². The zero-order chi connectivity index (χ0) is 11.4. The Bertz CT molecular complexity index is 340. The number of anilines is 1. The van der Waals surface area contributed by atoms with E-state index in [0.29, 0.717) is 12.6 Å². The van der Waals surface area contributed by atoms with Gasteiger partial charge < -0.3 is 10.0 Å². The monoisotopic (exact) mass is 284 g/mol. The van der Waals surface area contributed by atoms with Crippen molar-refractivity contribution in [3.63, 3.8) is 0 Å². The average Bonchev–Trinajstić information content (AvgIpc) is 2.80. The Morgan fingerprint density at radius 3 is 2.81 bits per heavy atom. The molecule has 16 heavy (non-hydrogen) atoms. The maximum Gasteiger partial charge on any atom is 0.0606 e. The first-order valence-electron chi connectivity index (χ1n) is 5.80. The van der Waals surface area contributed by atoms with E-state index in [4.69, 9.17) is 0 Å². The molecule has 0 spiro atoms. The first-order valence-corrected chi connectivity index (χ1v) is 6.59. The number of aliphatic hydroxyl groups excluding tert-OH is 1. The van der Waals surface area contributed by atoms with Crippen molar-refractivity contribution in [2.24, 2.45) is 0 Å². The van der Waals surface area contributed by atoms with Crippen molar-refractivity contribution < 1.29 is 5.11 Å². The summed E-state index contributed by atoms with van der Waals surface area (Å²) in [4.78, 5) is 6.38. The summed E-state index contributed by atoms with van der Waals surface area (Å²) < 4.78 is 1.01. The topological polar surface area (TPSA) is 36.4 Å². The predicted molar refractivity (Wildman–Crippen MR) is 68.6 cm³/mol. The lowest BCUT2D eigenvalue weighted by atomic mass is 10.2. The van der Waals surface area contributed by atoms with Crippen LogP contribution in [0.5, 0.6) is 0 Å². The number of aliphatic hydroxyl groups is 1. The number of pyridine rings is 1. The van der Waals surface area contributed by atoms with E-state index in [0.717, 1.165) is 10.2 Å². The van der Waals surface area contributed by atoms with E-state index in [9.17, 15) is 5.11 Å². The quantitative estimate of drug-likeness (QED) is 0.923. The molecular formula is C12H17BrN2O. The van der Waals surface area contributed by atoms with Crippen molar-refractivity contribution in [2.75, 3.05) is 18.1 Å². The highest BCUT2D eigenvalue weighted by molar-refractivity contribution is 9.10. The molecule has 1 N–H and O–H groups in total. The van der Waals surface area contributed by atoms with Crippen LogP contribution in [0.15, 0.2) is 22.9 Å². The van der Waals surface area contributed by atoms with E-state index >= 15 is 0 Å². The summed E-state index contributed by atoms with van der Waals surface area (Å²) >= 11 is 3.53. The highest BCUT2D eigenvalue weighted by Crippen LogP contribution is 2.32. The molecule has 88 valence electrons. The molecule has 1 aliphatic rings. The molecule has 1 fully saturated rings. The molecule has 1 heterocycles. The molecule has 0 amide bonds. The summed E-state index contributed by atoms with van der Waals surface area (Å²) in [6, 6.07) is 2.59. The minimum atomic E-state index is 0.200. The van der Waals surface area contributed by atoms with Gasteiger partial charge in [-0.15, -0.1) is 0 Å². The predicted octanol–water partition coefficient (Wildman–Crippen LogP) is 2.59.